The van der Waals surface area contributed by atoms with Crippen molar-refractivity contribution in [1.29, 1.82) is 0 Å². The van der Waals surface area contributed by atoms with Gasteiger partial charge in [-0.1, -0.05) is 30.3 Å². The van der Waals surface area contributed by atoms with Crippen molar-refractivity contribution in [3.05, 3.63) is 105 Å². The molecule has 0 saturated heterocycles. The lowest BCUT2D eigenvalue weighted by molar-refractivity contribution is 0.519. The number of benzene rings is 1. The Morgan fingerprint density at radius 3 is 2.53 bits per heavy atom. The monoisotopic (exact) mass is 398 g/mol. The predicted octanol–water partition coefficient (Wildman–Crippen LogP) is 3.21. The van der Waals surface area contributed by atoms with Gasteiger partial charge in [0.05, 0.1) is 24.1 Å². The molecule has 0 radical (unpaired) electrons. The summed E-state index contributed by atoms with van der Waals surface area (Å²) >= 11 is 0. The Morgan fingerprint density at radius 1 is 0.967 bits per heavy atom. The fraction of sp³-hybridized carbons (Fsp3) is 0.0870. The van der Waals surface area contributed by atoms with Crippen LogP contribution in [-0.2, 0) is 13.5 Å². The maximum absolute atomic E-state index is 13.1. The highest BCUT2D eigenvalue weighted by Crippen LogP contribution is 2.28. The van der Waals surface area contributed by atoms with Crippen LogP contribution in [0.25, 0.3) is 28.3 Å². The summed E-state index contributed by atoms with van der Waals surface area (Å²) in [5.74, 6) is 1.17. The molecule has 148 valence electrons. The van der Waals surface area contributed by atoms with Crippen molar-refractivity contribution in [2.45, 2.75) is 6.42 Å². The molecule has 4 heterocycles. The Kier molecular flexibility index (Phi) is 4.21. The third kappa shape index (κ3) is 3.06. The number of fused-ring (bicyclic) bond motifs is 1. The van der Waals surface area contributed by atoms with E-state index in [1.807, 2.05) is 36.4 Å². The number of rotatable bonds is 4. The van der Waals surface area contributed by atoms with E-state index < -0.39 is 0 Å². The molecular formula is C23H18N4O3. The number of furan rings is 1. The summed E-state index contributed by atoms with van der Waals surface area (Å²) in [6, 6.07) is 16.6. The minimum atomic E-state index is -0.196. The highest BCUT2D eigenvalue weighted by atomic mass is 16.3. The van der Waals surface area contributed by atoms with E-state index in [-0.39, 0.29) is 11.1 Å². The molecule has 0 fully saturated rings. The molecule has 0 amide bonds. The first-order chi connectivity index (χ1) is 14.6. The van der Waals surface area contributed by atoms with Crippen molar-refractivity contribution in [1.82, 2.24) is 19.1 Å². The van der Waals surface area contributed by atoms with Gasteiger partial charge >= 0.3 is 0 Å². The Balaban J connectivity index is 1.76. The number of aromatic amines is 1. The van der Waals surface area contributed by atoms with E-state index in [1.165, 1.54) is 10.6 Å². The number of aromatic nitrogens is 4. The van der Waals surface area contributed by atoms with Crippen LogP contribution in [-0.4, -0.2) is 19.1 Å². The van der Waals surface area contributed by atoms with E-state index in [2.05, 4.69) is 9.97 Å². The number of imidazole rings is 1. The first kappa shape index (κ1) is 17.9. The normalized spacial score (nSPS) is 11.2. The number of hydrogen-bond donors (Lipinski definition) is 1. The topological polar surface area (TPSA) is 85.8 Å². The van der Waals surface area contributed by atoms with Gasteiger partial charge in [-0.15, -0.1) is 0 Å². The molecule has 0 spiro atoms. The van der Waals surface area contributed by atoms with Crippen LogP contribution in [0.3, 0.4) is 0 Å². The lowest BCUT2D eigenvalue weighted by Crippen LogP contribution is -2.18. The van der Waals surface area contributed by atoms with Gasteiger partial charge in [0, 0.05) is 31.1 Å². The molecular weight excluding hydrogens is 380 g/mol. The Hall–Kier alpha value is -4.13. The van der Waals surface area contributed by atoms with Gasteiger partial charge in [-0.05, 0) is 23.8 Å². The summed E-state index contributed by atoms with van der Waals surface area (Å²) in [5, 5.41) is 0. The van der Waals surface area contributed by atoms with E-state index >= 15 is 0 Å². The summed E-state index contributed by atoms with van der Waals surface area (Å²) in [6.45, 7) is 0. The van der Waals surface area contributed by atoms with Gasteiger partial charge in [-0.25, -0.2) is 4.98 Å². The molecule has 3 aromatic rings. The van der Waals surface area contributed by atoms with Crippen molar-refractivity contribution >= 4 is 0 Å². The predicted molar refractivity (Wildman–Crippen MR) is 113 cm³/mol. The molecule has 1 N–H and O–H groups in total. The number of pyridine rings is 1. The van der Waals surface area contributed by atoms with Crippen molar-refractivity contribution < 1.29 is 4.42 Å². The van der Waals surface area contributed by atoms with E-state index in [0.717, 1.165) is 16.8 Å². The molecule has 7 heteroatoms. The smallest absolute Gasteiger partial charge is 0.278 e. The Labute approximate surface area is 171 Å². The average Bonchev–Trinajstić information content (AvgIpc) is 3.39. The molecule has 0 saturated carbocycles. The van der Waals surface area contributed by atoms with Crippen LogP contribution >= 0.6 is 0 Å². The molecule has 5 rings (SSSR count). The van der Waals surface area contributed by atoms with Crippen molar-refractivity contribution in [2.75, 3.05) is 0 Å². The van der Waals surface area contributed by atoms with Crippen molar-refractivity contribution in [3.63, 3.8) is 0 Å². The third-order valence-electron chi connectivity index (χ3n) is 5.06. The second kappa shape index (κ2) is 7.04. The fourth-order valence-electron chi connectivity index (χ4n) is 3.51. The van der Waals surface area contributed by atoms with Crippen LogP contribution in [0.5, 0.6) is 0 Å². The van der Waals surface area contributed by atoms with Gasteiger partial charge in [-0.3, -0.25) is 14.2 Å². The fourth-order valence-corrected chi connectivity index (χ4v) is 3.51. The van der Waals surface area contributed by atoms with Gasteiger partial charge < -0.3 is 14.0 Å². The first-order valence-electron chi connectivity index (χ1n) is 9.49. The summed E-state index contributed by atoms with van der Waals surface area (Å²) in [4.78, 5) is 33.0. The van der Waals surface area contributed by atoms with Gasteiger partial charge in [0.1, 0.15) is 11.5 Å². The van der Waals surface area contributed by atoms with Gasteiger partial charge in [0.25, 0.3) is 5.56 Å². The van der Waals surface area contributed by atoms with Gasteiger partial charge in [0.15, 0.2) is 5.82 Å². The van der Waals surface area contributed by atoms with Gasteiger partial charge in [0.2, 0.25) is 5.56 Å². The summed E-state index contributed by atoms with van der Waals surface area (Å²) in [7, 11) is 1.69. The highest BCUT2D eigenvalue weighted by Gasteiger charge is 2.22. The summed E-state index contributed by atoms with van der Waals surface area (Å²) in [5.41, 5.74) is 3.22. The number of nitrogens with one attached hydrogen (secondary N) is 1. The molecule has 0 aliphatic carbocycles. The standard InChI is InChI=1S/C23H18N4O3/c1-26-13-16(9-10-20(26)28)21-22-25-18(12-17-8-5-11-30-17)23(29)27(22)14-19(24-21)15-6-3-2-4-7-15/h2-11,13-14,24H,12H2,1H3. The zero-order chi connectivity index (χ0) is 20.7. The lowest BCUT2D eigenvalue weighted by Gasteiger charge is -2.13. The second-order valence-electron chi connectivity index (χ2n) is 7.09. The molecule has 2 aliphatic heterocycles. The zero-order valence-electron chi connectivity index (χ0n) is 16.2. The quantitative estimate of drug-likeness (QED) is 0.504. The summed E-state index contributed by atoms with van der Waals surface area (Å²) < 4.78 is 8.44. The van der Waals surface area contributed by atoms with E-state index in [1.54, 1.807) is 42.4 Å². The Morgan fingerprint density at radius 2 is 1.80 bits per heavy atom. The molecule has 30 heavy (non-hydrogen) atoms. The largest absolute Gasteiger partial charge is 0.469 e. The first-order valence-corrected chi connectivity index (χ1v) is 9.49. The van der Waals surface area contributed by atoms with Crippen molar-refractivity contribution in [2.24, 2.45) is 7.05 Å². The van der Waals surface area contributed by atoms with Crippen LogP contribution in [0.2, 0.25) is 0 Å². The highest BCUT2D eigenvalue weighted by molar-refractivity contribution is 5.71. The van der Waals surface area contributed by atoms with E-state index in [0.29, 0.717) is 29.4 Å². The molecule has 0 unspecified atom stereocenters. The third-order valence-corrected chi connectivity index (χ3v) is 5.06. The SMILES string of the molecule is Cn1cc(-c2[nH]c(-c3ccccc3)cn3c(=O)c(Cc4ccco4)nc2-3)ccc1=O. The maximum atomic E-state index is 13.1. The molecule has 0 bridgehead atoms. The molecule has 1 aromatic carbocycles. The molecule has 0 atom stereocenters. The Bertz CT molecular complexity index is 1410. The number of nitrogens with zero attached hydrogens (tertiary/aromatic N) is 3. The van der Waals surface area contributed by atoms with Crippen LogP contribution in [0.4, 0.5) is 0 Å². The van der Waals surface area contributed by atoms with Crippen LogP contribution in [0.15, 0.2) is 87.3 Å². The van der Waals surface area contributed by atoms with E-state index in [9.17, 15) is 9.59 Å². The average molecular weight is 398 g/mol. The van der Waals surface area contributed by atoms with Gasteiger partial charge in [-0.2, -0.15) is 0 Å². The minimum Gasteiger partial charge on any atom is -0.469 e. The second-order valence-corrected chi connectivity index (χ2v) is 7.09. The van der Waals surface area contributed by atoms with Crippen LogP contribution in [0.1, 0.15) is 11.5 Å². The van der Waals surface area contributed by atoms with E-state index in [4.69, 9.17) is 4.42 Å². The minimum absolute atomic E-state index is 0.111. The van der Waals surface area contributed by atoms with Crippen LogP contribution < -0.4 is 11.1 Å². The molecule has 2 aromatic heterocycles. The van der Waals surface area contributed by atoms with Crippen molar-refractivity contribution in [3.8, 4) is 28.3 Å². The lowest BCUT2D eigenvalue weighted by atomic mass is 10.1. The molecule has 2 aliphatic rings. The molecule has 7 nitrogen and oxygen atoms in total. The van der Waals surface area contributed by atoms with Crippen LogP contribution in [0, 0.1) is 0 Å². The number of hydrogen-bond acceptors (Lipinski definition) is 4. The maximum Gasteiger partial charge on any atom is 0.278 e. The number of H-pyrrole nitrogens is 1. The number of aryl methyl sites for hydroxylation is 1. The zero-order valence-corrected chi connectivity index (χ0v) is 16.2. The summed E-state index contributed by atoms with van der Waals surface area (Å²) in [6.07, 6.45) is 5.37.